The van der Waals surface area contributed by atoms with Crippen LogP contribution >= 0.6 is 0 Å². The smallest absolute Gasteiger partial charge is 0.0462 e. The van der Waals surface area contributed by atoms with Gasteiger partial charge < -0.3 is 15.0 Å². The van der Waals surface area contributed by atoms with Crippen LogP contribution in [-0.4, -0.2) is 33.4 Å². The van der Waals surface area contributed by atoms with E-state index in [0.717, 1.165) is 39.2 Å². The monoisotopic (exact) mass is 234 g/mol. The molecule has 2 rings (SSSR count). The molecule has 1 heterocycles. The summed E-state index contributed by atoms with van der Waals surface area (Å²) in [6.45, 7) is 5.16. The molecule has 0 saturated carbocycles. The molecule has 0 radical (unpaired) electrons. The SMILES string of the molecule is COCCCCN1CCNCc2ccccc21. The topological polar surface area (TPSA) is 24.5 Å². The summed E-state index contributed by atoms with van der Waals surface area (Å²) in [5, 5.41) is 3.47. The van der Waals surface area contributed by atoms with Crippen molar-refractivity contribution >= 4 is 5.69 Å². The molecule has 3 nitrogen and oxygen atoms in total. The first-order valence-corrected chi connectivity index (χ1v) is 6.44. The summed E-state index contributed by atoms with van der Waals surface area (Å²) in [6.07, 6.45) is 2.34. The molecule has 1 aliphatic heterocycles. The van der Waals surface area contributed by atoms with Crippen molar-refractivity contribution in [3.05, 3.63) is 29.8 Å². The summed E-state index contributed by atoms with van der Waals surface area (Å²) in [7, 11) is 1.77. The molecule has 0 atom stereocenters. The minimum absolute atomic E-state index is 0.869. The number of hydrogen-bond acceptors (Lipinski definition) is 3. The lowest BCUT2D eigenvalue weighted by Crippen LogP contribution is -2.29. The Balaban J connectivity index is 1.97. The molecule has 1 aliphatic rings. The number of benzene rings is 1. The van der Waals surface area contributed by atoms with E-state index >= 15 is 0 Å². The van der Waals surface area contributed by atoms with E-state index in [0.29, 0.717) is 0 Å². The van der Waals surface area contributed by atoms with Crippen LogP contribution in [-0.2, 0) is 11.3 Å². The van der Waals surface area contributed by atoms with E-state index in [4.69, 9.17) is 4.74 Å². The Bertz CT molecular complexity index is 341. The van der Waals surface area contributed by atoms with E-state index in [1.807, 2.05) is 0 Å². The number of anilines is 1. The summed E-state index contributed by atoms with van der Waals surface area (Å²) < 4.78 is 5.09. The van der Waals surface area contributed by atoms with Crippen molar-refractivity contribution in [1.82, 2.24) is 5.32 Å². The van der Waals surface area contributed by atoms with Gasteiger partial charge in [0, 0.05) is 45.6 Å². The average molecular weight is 234 g/mol. The third-order valence-corrected chi connectivity index (χ3v) is 3.23. The van der Waals surface area contributed by atoms with Crippen molar-refractivity contribution in [2.45, 2.75) is 19.4 Å². The molecule has 1 aromatic rings. The van der Waals surface area contributed by atoms with Gasteiger partial charge in [0.1, 0.15) is 0 Å². The zero-order chi connectivity index (χ0) is 11.9. The molecular formula is C14H22N2O. The van der Waals surface area contributed by atoms with Crippen molar-refractivity contribution in [2.24, 2.45) is 0 Å². The van der Waals surface area contributed by atoms with Crippen LogP contribution in [0.1, 0.15) is 18.4 Å². The molecule has 0 fully saturated rings. The van der Waals surface area contributed by atoms with Gasteiger partial charge in [-0.2, -0.15) is 0 Å². The second-order valence-electron chi connectivity index (χ2n) is 4.49. The van der Waals surface area contributed by atoms with Gasteiger partial charge in [-0.3, -0.25) is 0 Å². The van der Waals surface area contributed by atoms with Crippen LogP contribution in [0.15, 0.2) is 24.3 Å². The Hall–Kier alpha value is -1.06. The highest BCUT2D eigenvalue weighted by Gasteiger charge is 2.13. The normalized spacial score (nSPS) is 15.5. The number of methoxy groups -OCH3 is 1. The van der Waals surface area contributed by atoms with Gasteiger partial charge in [0.2, 0.25) is 0 Å². The number of hydrogen-bond donors (Lipinski definition) is 1. The first kappa shape index (κ1) is 12.4. The van der Waals surface area contributed by atoms with E-state index in [2.05, 4.69) is 34.5 Å². The van der Waals surface area contributed by atoms with E-state index in [-0.39, 0.29) is 0 Å². The maximum atomic E-state index is 5.09. The van der Waals surface area contributed by atoms with E-state index in [1.54, 1.807) is 7.11 Å². The molecular weight excluding hydrogens is 212 g/mol. The van der Waals surface area contributed by atoms with Gasteiger partial charge in [-0.25, -0.2) is 0 Å². The van der Waals surface area contributed by atoms with E-state index < -0.39 is 0 Å². The molecule has 0 spiro atoms. The Labute approximate surface area is 104 Å². The van der Waals surface area contributed by atoms with Gasteiger partial charge in [-0.05, 0) is 24.5 Å². The van der Waals surface area contributed by atoms with Gasteiger partial charge in [0.25, 0.3) is 0 Å². The van der Waals surface area contributed by atoms with Crippen LogP contribution in [0.4, 0.5) is 5.69 Å². The van der Waals surface area contributed by atoms with Gasteiger partial charge in [-0.15, -0.1) is 0 Å². The van der Waals surface area contributed by atoms with Gasteiger partial charge in [-0.1, -0.05) is 18.2 Å². The van der Waals surface area contributed by atoms with Gasteiger partial charge in [0.05, 0.1) is 0 Å². The second kappa shape index (κ2) is 6.62. The first-order valence-electron chi connectivity index (χ1n) is 6.44. The van der Waals surface area contributed by atoms with Crippen molar-refractivity contribution in [3.63, 3.8) is 0 Å². The summed E-state index contributed by atoms with van der Waals surface area (Å²) in [5.74, 6) is 0. The number of unbranched alkanes of at least 4 members (excludes halogenated alkanes) is 1. The van der Waals surface area contributed by atoms with Gasteiger partial charge >= 0.3 is 0 Å². The third kappa shape index (κ3) is 3.45. The number of nitrogens with zero attached hydrogens (tertiary/aromatic N) is 1. The van der Waals surface area contributed by atoms with Crippen molar-refractivity contribution in [1.29, 1.82) is 0 Å². The predicted octanol–water partition coefficient (Wildman–Crippen LogP) is 2.02. The molecule has 0 unspecified atom stereocenters. The largest absolute Gasteiger partial charge is 0.385 e. The molecule has 0 amide bonds. The Morgan fingerprint density at radius 2 is 2.18 bits per heavy atom. The number of nitrogens with one attached hydrogen (secondary N) is 1. The molecule has 0 saturated heterocycles. The first-order chi connectivity index (χ1) is 8.42. The fourth-order valence-electron chi connectivity index (χ4n) is 2.31. The Morgan fingerprint density at radius 1 is 1.29 bits per heavy atom. The lowest BCUT2D eigenvalue weighted by Gasteiger charge is -2.24. The fraction of sp³-hybridized carbons (Fsp3) is 0.571. The second-order valence-corrected chi connectivity index (χ2v) is 4.49. The van der Waals surface area contributed by atoms with E-state index in [1.165, 1.54) is 17.7 Å². The number of fused-ring (bicyclic) bond motifs is 1. The summed E-state index contributed by atoms with van der Waals surface area (Å²) in [6, 6.07) is 8.70. The van der Waals surface area contributed by atoms with Crippen LogP contribution in [0, 0.1) is 0 Å². The summed E-state index contributed by atoms with van der Waals surface area (Å²) in [5.41, 5.74) is 2.81. The van der Waals surface area contributed by atoms with Crippen LogP contribution < -0.4 is 10.2 Å². The van der Waals surface area contributed by atoms with Crippen LogP contribution in [0.25, 0.3) is 0 Å². The lowest BCUT2D eigenvalue weighted by atomic mass is 10.1. The standard InChI is InChI=1S/C14H22N2O/c1-17-11-5-4-9-16-10-8-15-12-13-6-2-3-7-14(13)16/h2-3,6-7,15H,4-5,8-12H2,1H3. The Kier molecular flexibility index (Phi) is 4.83. The number of para-hydroxylation sites is 1. The molecule has 17 heavy (non-hydrogen) atoms. The predicted molar refractivity (Wildman–Crippen MR) is 71.5 cm³/mol. The van der Waals surface area contributed by atoms with Gasteiger partial charge in [0.15, 0.2) is 0 Å². The maximum Gasteiger partial charge on any atom is 0.0462 e. The van der Waals surface area contributed by atoms with Crippen molar-refractivity contribution < 1.29 is 4.74 Å². The summed E-state index contributed by atoms with van der Waals surface area (Å²) >= 11 is 0. The quantitative estimate of drug-likeness (QED) is 0.789. The molecule has 0 aliphatic carbocycles. The van der Waals surface area contributed by atoms with Crippen LogP contribution in [0.5, 0.6) is 0 Å². The van der Waals surface area contributed by atoms with Crippen molar-refractivity contribution in [3.8, 4) is 0 Å². The third-order valence-electron chi connectivity index (χ3n) is 3.23. The maximum absolute atomic E-state index is 5.09. The Morgan fingerprint density at radius 3 is 3.06 bits per heavy atom. The molecule has 0 bridgehead atoms. The van der Waals surface area contributed by atoms with Crippen molar-refractivity contribution in [2.75, 3.05) is 38.3 Å². The molecule has 1 N–H and O–H groups in total. The highest BCUT2D eigenvalue weighted by Crippen LogP contribution is 2.22. The zero-order valence-corrected chi connectivity index (χ0v) is 10.6. The van der Waals surface area contributed by atoms with E-state index in [9.17, 15) is 0 Å². The number of rotatable bonds is 5. The zero-order valence-electron chi connectivity index (χ0n) is 10.6. The molecule has 3 heteroatoms. The lowest BCUT2D eigenvalue weighted by molar-refractivity contribution is 0.193. The average Bonchev–Trinajstić information content (AvgIpc) is 2.57. The minimum atomic E-state index is 0.869. The fourth-order valence-corrected chi connectivity index (χ4v) is 2.31. The highest BCUT2D eigenvalue weighted by molar-refractivity contribution is 5.54. The number of ether oxygens (including phenoxy) is 1. The van der Waals surface area contributed by atoms with Crippen LogP contribution in [0.2, 0.25) is 0 Å². The molecule has 0 aromatic heterocycles. The highest BCUT2D eigenvalue weighted by atomic mass is 16.5. The minimum Gasteiger partial charge on any atom is -0.385 e. The summed E-state index contributed by atoms with van der Waals surface area (Å²) in [4.78, 5) is 2.49. The van der Waals surface area contributed by atoms with Crippen LogP contribution in [0.3, 0.4) is 0 Å². The molecule has 1 aromatic carbocycles. The molecule has 94 valence electrons.